The molecule has 2 aromatic carbocycles. The van der Waals surface area contributed by atoms with Crippen LogP contribution < -0.4 is 14.2 Å². The van der Waals surface area contributed by atoms with Gasteiger partial charge in [-0.05, 0) is 79.3 Å². The van der Waals surface area contributed by atoms with E-state index in [9.17, 15) is 9.18 Å². The number of piperidine rings is 1. The third-order valence-corrected chi connectivity index (χ3v) is 6.62. The monoisotopic (exact) mass is 456 g/mol. The van der Waals surface area contributed by atoms with Gasteiger partial charge < -0.3 is 19.1 Å². The zero-order valence-electron chi connectivity index (χ0n) is 19.5. The molecule has 6 nitrogen and oxygen atoms in total. The molecule has 0 radical (unpaired) electrons. The first-order chi connectivity index (χ1) is 16.1. The summed E-state index contributed by atoms with van der Waals surface area (Å²) in [5.41, 5.74) is 2.19. The van der Waals surface area contributed by atoms with Crippen LogP contribution in [0.1, 0.15) is 24.0 Å². The van der Waals surface area contributed by atoms with Crippen LogP contribution in [0.3, 0.4) is 0 Å². The Morgan fingerprint density at radius 2 is 1.76 bits per heavy atom. The number of rotatable bonds is 8. The molecule has 2 aliphatic rings. The van der Waals surface area contributed by atoms with Crippen molar-refractivity contribution in [3.8, 4) is 17.2 Å². The second kappa shape index (κ2) is 10.9. The molecule has 0 aliphatic carbocycles. The molecule has 2 aromatic rings. The van der Waals surface area contributed by atoms with Crippen LogP contribution in [-0.4, -0.2) is 69.3 Å². The van der Waals surface area contributed by atoms with Gasteiger partial charge in [-0.1, -0.05) is 0 Å². The maximum Gasteiger partial charge on any atom is 0.227 e. The molecule has 178 valence electrons. The topological polar surface area (TPSA) is 51.2 Å². The summed E-state index contributed by atoms with van der Waals surface area (Å²) in [6.45, 7) is 4.92. The summed E-state index contributed by atoms with van der Waals surface area (Å²) in [6.07, 6.45) is 3.48. The summed E-state index contributed by atoms with van der Waals surface area (Å²) in [7, 11) is 3.26. The predicted molar refractivity (Wildman–Crippen MR) is 125 cm³/mol. The summed E-state index contributed by atoms with van der Waals surface area (Å²) < 4.78 is 29.7. The Balaban J connectivity index is 1.30. The fourth-order valence-corrected chi connectivity index (χ4v) is 4.85. The van der Waals surface area contributed by atoms with Crippen LogP contribution in [0.2, 0.25) is 0 Å². The molecule has 1 atom stereocenters. The van der Waals surface area contributed by atoms with Gasteiger partial charge in [-0.25, -0.2) is 4.39 Å². The number of halogens is 1. The highest BCUT2D eigenvalue weighted by Gasteiger charge is 2.27. The number of carbonyl (C=O) groups excluding carboxylic acids is 1. The number of amides is 1. The number of hydrogen-bond acceptors (Lipinski definition) is 5. The Bertz CT molecular complexity index is 950. The standard InChI is InChI=1S/C26H33FN2O4/c1-31-24-14-20-9-11-29(26(30)16-21(20)15-25(24)32-2)18-19-4-3-10-28(17-19)12-13-33-23-7-5-22(27)6-8-23/h5-8,14-15,19H,3-4,9-13,16-18H2,1-2H3/t19-/m0/s1. The normalized spacial score (nSPS) is 19.1. The molecule has 0 bridgehead atoms. The maximum atomic E-state index is 13.0. The highest BCUT2D eigenvalue weighted by molar-refractivity contribution is 5.80. The molecule has 0 saturated carbocycles. The van der Waals surface area contributed by atoms with Crippen molar-refractivity contribution >= 4 is 5.91 Å². The van der Waals surface area contributed by atoms with Crippen LogP contribution in [0.5, 0.6) is 17.2 Å². The number of benzene rings is 2. The Kier molecular flexibility index (Phi) is 7.70. The van der Waals surface area contributed by atoms with Crippen LogP contribution in [0.4, 0.5) is 4.39 Å². The first-order valence-corrected chi connectivity index (χ1v) is 11.7. The Labute approximate surface area is 195 Å². The molecule has 0 N–H and O–H groups in total. The van der Waals surface area contributed by atoms with Gasteiger partial charge in [0.2, 0.25) is 5.91 Å². The van der Waals surface area contributed by atoms with Crippen LogP contribution >= 0.6 is 0 Å². The van der Waals surface area contributed by atoms with E-state index in [1.54, 1.807) is 26.4 Å². The molecule has 1 fully saturated rings. The maximum absolute atomic E-state index is 13.0. The lowest BCUT2D eigenvalue weighted by Gasteiger charge is -2.35. The van der Waals surface area contributed by atoms with Gasteiger partial charge in [-0.15, -0.1) is 0 Å². The number of nitrogens with zero attached hydrogens (tertiary/aromatic N) is 2. The molecule has 7 heteroatoms. The highest BCUT2D eigenvalue weighted by Crippen LogP contribution is 2.32. The number of carbonyl (C=O) groups is 1. The van der Waals surface area contributed by atoms with Gasteiger partial charge in [-0.2, -0.15) is 0 Å². The minimum atomic E-state index is -0.259. The van der Waals surface area contributed by atoms with Crippen LogP contribution in [-0.2, 0) is 17.6 Å². The van der Waals surface area contributed by atoms with Gasteiger partial charge in [0.05, 0.1) is 20.6 Å². The zero-order chi connectivity index (χ0) is 23.2. The molecule has 2 heterocycles. The number of hydrogen-bond donors (Lipinski definition) is 0. The van der Waals surface area contributed by atoms with Crippen molar-refractivity contribution in [3.63, 3.8) is 0 Å². The van der Waals surface area contributed by atoms with Crippen LogP contribution in [0.25, 0.3) is 0 Å². The number of methoxy groups -OCH3 is 2. The molecule has 1 amide bonds. The van der Waals surface area contributed by atoms with Crippen LogP contribution in [0, 0.1) is 11.7 Å². The van der Waals surface area contributed by atoms with Crippen molar-refractivity contribution in [2.24, 2.45) is 5.92 Å². The van der Waals surface area contributed by atoms with Crippen molar-refractivity contribution in [1.29, 1.82) is 0 Å². The Morgan fingerprint density at radius 3 is 2.48 bits per heavy atom. The van der Waals surface area contributed by atoms with Gasteiger partial charge in [0.1, 0.15) is 18.2 Å². The number of ether oxygens (including phenoxy) is 3. The lowest BCUT2D eigenvalue weighted by atomic mass is 9.97. The van der Waals surface area contributed by atoms with E-state index >= 15 is 0 Å². The second-order valence-corrected chi connectivity index (χ2v) is 8.85. The third-order valence-electron chi connectivity index (χ3n) is 6.62. The smallest absolute Gasteiger partial charge is 0.227 e. The molecular weight excluding hydrogens is 423 g/mol. The fourth-order valence-electron chi connectivity index (χ4n) is 4.85. The highest BCUT2D eigenvalue weighted by atomic mass is 19.1. The van der Waals surface area contributed by atoms with Crippen molar-refractivity contribution < 1.29 is 23.4 Å². The lowest BCUT2D eigenvalue weighted by molar-refractivity contribution is -0.131. The van der Waals surface area contributed by atoms with Gasteiger partial charge >= 0.3 is 0 Å². The first-order valence-electron chi connectivity index (χ1n) is 11.7. The summed E-state index contributed by atoms with van der Waals surface area (Å²) in [6, 6.07) is 10.1. The van der Waals surface area contributed by atoms with E-state index in [1.807, 2.05) is 17.0 Å². The minimum Gasteiger partial charge on any atom is -0.493 e. The van der Waals surface area contributed by atoms with E-state index in [-0.39, 0.29) is 11.7 Å². The van der Waals surface area contributed by atoms with E-state index in [2.05, 4.69) is 4.90 Å². The van der Waals surface area contributed by atoms with E-state index < -0.39 is 0 Å². The Morgan fingerprint density at radius 1 is 1.03 bits per heavy atom. The van der Waals surface area contributed by atoms with E-state index in [0.717, 1.165) is 63.1 Å². The van der Waals surface area contributed by atoms with Crippen molar-refractivity contribution in [2.45, 2.75) is 25.7 Å². The van der Waals surface area contributed by atoms with E-state index in [4.69, 9.17) is 14.2 Å². The van der Waals surface area contributed by atoms with E-state index in [0.29, 0.717) is 36.2 Å². The van der Waals surface area contributed by atoms with Crippen LogP contribution in [0.15, 0.2) is 36.4 Å². The molecule has 2 aliphatic heterocycles. The average Bonchev–Trinajstić information content (AvgIpc) is 2.97. The van der Waals surface area contributed by atoms with E-state index in [1.165, 1.54) is 12.1 Å². The molecule has 1 saturated heterocycles. The van der Waals surface area contributed by atoms with Gasteiger partial charge in [0, 0.05) is 26.2 Å². The number of likely N-dealkylation sites (tertiary alicyclic amines) is 1. The fraction of sp³-hybridized carbons (Fsp3) is 0.500. The molecule has 0 unspecified atom stereocenters. The molecule has 33 heavy (non-hydrogen) atoms. The quantitative estimate of drug-likeness (QED) is 0.608. The minimum absolute atomic E-state index is 0.178. The molecular formula is C26H33FN2O4. The largest absolute Gasteiger partial charge is 0.493 e. The summed E-state index contributed by atoms with van der Waals surface area (Å²) >= 11 is 0. The summed E-state index contributed by atoms with van der Waals surface area (Å²) in [5.74, 6) is 2.45. The summed E-state index contributed by atoms with van der Waals surface area (Å²) in [4.78, 5) is 17.5. The lowest BCUT2D eigenvalue weighted by Crippen LogP contribution is -2.44. The average molecular weight is 457 g/mol. The SMILES string of the molecule is COc1cc2c(cc1OC)CC(=O)N(C[C@H]1CCCN(CCOc3ccc(F)cc3)C1)CC2. The van der Waals surface area contributed by atoms with Gasteiger partial charge in [0.15, 0.2) is 11.5 Å². The molecule has 4 rings (SSSR count). The van der Waals surface area contributed by atoms with Crippen molar-refractivity contribution in [3.05, 3.63) is 53.3 Å². The molecule has 0 aromatic heterocycles. The number of fused-ring (bicyclic) bond motifs is 1. The summed E-state index contributed by atoms with van der Waals surface area (Å²) in [5, 5.41) is 0. The molecule has 0 spiro atoms. The van der Waals surface area contributed by atoms with Gasteiger partial charge in [-0.3, -0.25) is 9.69 Å². The second-order valence-electron chi connectivity index (χ2n) is 8.85. The van der Waals surface area contributed by atoms with Crippen molar-refractivity contribution in [1.82, 2.24) is 9.80 Å². The predicted octanol–water partition coefficient (Wildman–Crippen LogP) is 3.56. The zero-order valence-corrected chi connectivity index (χ0v) is 19.5. The van der Waals surface area contributed by atoms with Crippen molar-refractivity contribution in [2.75, 3.05) is 53.6 Å². The third kappa shape index (κ3) is 5.96. The van der Waals surface area contributed by atoms with Gasteiger partial charge in [0.25, 0.3) is 0 Å². The first kappa shape index (κ1) is 23.4. The Hall–Kier alpha value is -2.80.